The maximum Gasteiger partial charge on any atom is 0.222 e. The number of carbonyl (C=O) groups is 1. The predicted molar refractivity (Wildman–Crippen MR) is 99.4 cm³/mol. The minimum absolute atomic E-state index is 0.115. The van der Waals surface area contributed by atoms with Crippen molar-refractivity contribution in [3.63, 3.8) is 0 Å². The van der Waals surface area contributed by atoms with Crippen LogP contribution in [0.5, 0.6) is 0 Å². The van der Waals surface area contributed by atoms with Gasteiger partial charge in [0.25, 0.3) is 0 Å². The summed E-state index contributed by atoms with van der Waals surface area (Å²) in [5.41, 5.74) is 3.96. The van der Waals surface area contributed by atoms with E-state index in [1.165, 1.54) is 11.6 Å². The second kappa shape index (κ2) is 7.28. The number of benzene rings is 1. The van der Waals surface area contributed by atoms with Crippen molar-refractivity contribution in [3.05, 3.63) is 65.7 Å². The smallest absolute Gasteiger partial charge is 0.222 e. The Balaban J connectivity index is 1.34. The lowest BCUT2D eigenvalue weighted by molar-refractivity contribution is -0.132. The van der Waals surface area contributed by atoms with E-state index in [4.69, 9.17) is 0 Å². The van der Waals surface area contributed by atoms with E-state index in [1.54, 1.807) is 12.1 Å². The molecule has 1 aromatic carbocycles. The van der Waals surface area contributed by atoms with E-state index in [2.05, 4.69) is 16.2 Å². The number of halogens is 1. The summed E-state index contributed by atoms with van der Waals surface area (Å²) < 4.78 is 13.7. The molecule has 1 fully saturated rings. The molecule has 2 aromatic heterocycles. The van der Waals surface area contributed by atoms with Crippen molar-refractivity contribution in [1.29, 1.82) is 0 Å². The highest BCUT2D eigenvalue weighted by atomic mass is 19.1. The van der Waals surface area contributed by atoms with Gasteiger partial charge in [-0.1, -0.05) is 18.2 Å². The molecule has 3 heterocycles. The van der Waals surface area contributed by atoms with Crippen molar-refractivity contribution in [3.8, 4) is 0 Å². The van der Waals surface area contributed by atoms with Crippen LogP contribution in [0.1, 0.15) is 36.3 Å². The van der Waals surface area contributed by atoms with Crippen LogP contribution >= 0.6 is 0 Å². The zero-order valence-corrected chi connectivity index (χ0v) is 14.6. The van der Waals surface area contributed by atoms with Gasteiger partial charge in [-0.3, -0.25) is 9.78 Å². The summed E-state index contributed by atoms with van der Waals surface area (Å²) in [7, 11) is 0. The number of piperidine rings is 1. The minimum atomic E-state index is -0.231. The molecule has 5 heteroatoms. The topological polar surface area (TPSA) is 49.0 Å². The number of aromatic amines is 1. The molecular formula is C21H22FN3O. The van der Waals surface area contributed by atoms with Gasteiger partial charge in [0, 0.05) is 31.9 Å². The van der Waals surface area contributed by atoms with Crippen molar-refractivity contribution in [2.45, 2.75) is 31.6 Å². The molecule has 4 nitrogen and oxygen atoms in total. The Kier molecular flexibility index (Phi) is 4.69. The molecule has 4 rings (SSSR count). The Labute approximate surface area is 152 Å². The third-order valence-electron chi connectivity index (χ3n) is 5.32. The summed E-state index contributed by atoms with van der Waals surface area (Å²) in [5.74, 6) is 0.309. The van der Waals surface area contributed by atoms with Gasteiger partial charge in [0.05, 0.1) is 11.0 Å². The van der Waals surface area contributed by atoms with Crippen LogP contribution in [0.25, 0.3) is 11.0 Å². The van der Waals surface area contributed by atoms with Gasteiger partial charge in [-0.25, -0.2) is 4.39 Å². The molecule has 0 aliphatic carbocycles. The summed E-state index contributed by atoms with van der Waals surface area (Å²) in [6, 6.07) is 10.6. The number of aryl methyl sites for hydroxylation is 1. The number of pyridine rings is 1. The molecule has 1 aliphatic heterocycles. The molecular weight excluding hydrogens is 329 g/mol. The molecule has 1 saturated heterocycles. The molecule has 3 aromatic rings. The average Bonchev–Trinajstić information content (AvgIpc) is 3.11. The normalized spacial score (nSPS) is 15.5. The van der Waals surface area contributed by atoms with Crippen LogP contribution in [-0.4, -0.2) is 33.9 Å². The molecule has 0 spiro atoms. The van der Waals surface area contributed by atoms with Crippen molar-refractivity contribution in [2.75, 3.05) is 13.1 Å². The fourth-order valence-corrected chi connectivity index (χ4v) is 3.83. The highest BCUT2D eigenvalue weighted by Gasteiger charge is 2.25. The Hall–Kier alpha value is -2.69. The molecule has 0 bridgehead atoms. The van der Waals surface area contributed by atoms with E-state index >= 15 is 0 Å². The highest BCUT2D eigenvalue weighted by molar-refractivity contribution is 5.79. The maximum atomic E-state index is 13.7. The van der Waals surface area contributed by atoms with Crippen LogP contribution in [0.4, 0.5) is 4.39 Å². The van der Waals surface area contributed by atoms with Crippen LogP contribution in [0.15, 0.2) is 48.8 Å². The number of nitrogens with zero attached hydrogens (tertiary/aromatic N) is 2. The van der Waals surface area contributed by atoms with Gasteiger partial charge in [0.2, 0.25) is 5.91 Å². The SMILES string of the molecule is O=C(CCc1ccccc1F)N1CCC(c2c[nH]c3cccnc23)CC1. The van der Waals surface area contributed by atoms with Crippen LogP contribution < -0.4 is 0 Å². The Morgan fingerprint density at radius 3 is 2.81 bits per heavy atom. The predicted octanol–water partition coefficient (Wildman–Crippen LogP) is 4.04. The van der Waals surface area contributed by atoms with E-state index in [-0.39, 0.29) is 11.7 Å². The van der Waals surface area contributed by atoms with E-state index in [9.17, 15) is 9.18 Å². The van der Waals surface area contributed by atoms with Crippen LogP contribution in [-0.2, 0) is 11.2 Å². The molecule has 134 valence electrons. The third-order valence-corrected chi connectivity index (χ3v) is 5.32. The monoisotopic (exact) mass is 351 g/mol. The zero-order chi connectivity index (χ0) is 17.9. The zero-order valence-electron chi connectivity index (χ0n) is 14.6. The number of rotatable bonds is 4. The number of hydrogen-bond donors (Lipinski definition) is 1. The first-order valence-corrected chi connectivity index (χ1v) is 9.15. The second-order valence-electron chi connectivity index (χ2n) is 6.89. The van der Waals surface area contributed by atoms with Gasteiger partial charge >= 0.3 is 0 Å². The van der Waals surface area contributed by atoms with Gasteiger partial charge in [-0.15, -0.1) is 0 Å². The molecule has 1 aliphatic rings. The van der Waals surface area contributed by atoms with E-state index in [1.807, 2.05) is 29.3 Å². The summed E-state index contributed by atoms with van der Waals surface area (Å²) in [5, 5.41) is 0. The highest BCUT2D eigenvalue weighted by Crippen LogP contribution is 2.32. The van der Waals surface area contributed by atoms with Crippen LogP contribution in [0.3, 0.4) is 0 Å². The lowest BCUT2D eigenvalue weighted by atomic mass is 9.90. The van der Waals surface area contributed by atoms with Crippen molar-refractivity contribution in [2.24, 2.45) is 0 Å². The summed E-state index contributed by atoms with van der Waals surface area (Å²) in [6.45, 7) is 1.50. The van der Waals surface area contributed by atoms with Gasteiger partial charge in [0.15, 0.2) is 0 Å². The number of fused-ring (bicyclic) bond motifs is 1. The van der Waals surface area contributed by atoms with Crippen LogP contribution in [0, 0.1) is 5.82 Å². The largest absolute Gasteiger partial charge is 0.360 e. The number of hydrogen-bond acceptors (Lipinski definition) is 2. The molecule has 0 atom stereocenters. The van der Waals surface area contributed by atoms with E-state index < -0.39 is 0 Å². The summed E-state index contributed by atoms with van der Waals surface area (Å²) >= 11 is 0. The number of likely N-dealkylation sites (tertiary alicyclic amines) is 1. The Morgan fingerprint density at radius 2 is 2.00 bits per heavy atom. The van der Waals surface area contributed by atoms with E-state index in [0.717, 1.165) is 37.0 Å². The van der Waals surface area contributed by atoms with Crippen molar-refractivity contribution in [1.82, 2.24) is 14.9 Å². The lowest BCUT2D eigenvalue weighted by Gasteiger charge is -2.32. The fourth-order valence-electron chi connectivity index (χ4n) is 3.83. The van der Waals surface area contributed by atoms with Gasteiger partial charge in [-0.05, 0) is 54.5 Å². The maximum absolute atomic E-state index is 13.7. The summed E-state index contributed by atoms with van der Waals surface area (Å²) in [4.78, 5) is 22.2. The second-order valence-corrected chi connectivity index (χ2v) is 6.89. The lowest BCUT2D eigenvalue weighted by Crippen LogP contribution is -2.38. The average molecular weight is 351 g/mol. The van der Waals surface area contributed by atoms with Crippen molar-refractivity contribution >= 4 is 16.9 Å². The van der Waals surface area contributed by atoms with Crippen molar-refractivity contribution < 1.29 is 9.18 Å². The summed E-state index contributed by atoms with van der Waals surface area (Å²) in [6.07, 6.45) is 6.57. The van der Waals surface area contributed by atoms with Gasteiger partial charge in [0.1, 0.15) is 5.82 Å². The molecule has 0 unspecified atom stereocenters. The Morgan fingerprint density at radius 1 is 1.19 bits per heavy atom. The number of carbonyl (C=O) groups excluding carboxylic acids is 1. The van der Waals surface area contributed by atoms with Gasteiger partial charge in [-0.2, -0.15) is 0 Å². The standard InChI is InChI=1S/C21H22FN3O/c22-18-5-2-1-4-16(18)7-8-20(26)25-12-9-15(10-13-25)17-14-24-19-6-3-11-23-21(17)19/h1-6,11,14-15,24H,7-10,12-13H2. The minimum Gasteiger partial charge on any atom is -0.360 e. The molecule has 1 N–H and O–H groups in total. The van der Waals surface area contributed by atoms with E-state index in [0.29, 0.717) is 24.3 Å². The first-order valence-electron chi connectivity index (χ1n) is 9.15. The first-order chi connectivity index (χ1) is 12.7. The molecule has 0 saturated carbocycles. The number of amides is 1. The quantitative estimate of drug-likeness (QED) is 0.771. The number of nitrogens with one attached hydrogen (secondary N) is 1. The molecule has 0 radical (unpaired) electrons. The molecule has 1 amide bonds. The number of aromatic nitrogens is 2. The molecule has 26 heavy (non-hydrogen) atoms. The van der Waals surface area contributed by atoms with Crippen LogP contribution in [0.2, 0.25) is 0 Å². The first kappa shape index (κ1) is 16.8. The fraction of sp³-hybridized carbons (Fsp3) is 0.333. The third kappa shape index (κ3) is 3.34. The van der Waals surface area contributed by atoms with Gasteiger partial charge < -0.3 is 9.88 Å². The Bertz CT molecular complexity index is 912. The number of H-pyrrole nitrogens is 1.